The largest absolute Gasteiger partial charge is 0.393 e. The van der Waals surface area contributed by atoms with Gasteiger partial charge in [0.05, 0.1) is 4.99 Å². The first kappa shape index (κ1) is 13.2. The molecule has 0 saturated heterocycles. The average molecular weight is 239 g/mol. The SMILES string of the molecule is CC(C)c1nccn1CCC(C)(C)C(N)=S. The molecule has 1 heterocycles. The fraction of sp³-hybridized carbons (Fsp3) is 0.667. The van der Waals surface area contributed by atoms with Crippen LogP contribution >= 0.6 is 12.2 Å². The quantitative estimate of drug-likeness (QED) is 0.803. The molecule has 0 aliphatic rings. The predicted octanol–water partition coefficient (Wildman–Crippen LogP) is 2.71. The first-order valence-electron chi connectivity index (χ1n) is 5.65. The molecular weight excluding hydrogens is 218 g/mol. The van der Waals surface area contributed by atoms with Crippen molar-refractivity contribution in [3.05, 3.63) is 18.2 Å². The molecule has 90 valence electrons. The molecule has 0 aliphatic carbocycles. The van der Waals surface area contributed by atoms with E-state index in [1.54, 1.807) is 0 Å². The van der Waals surface area contributed by atoms with Crippen LogP contribution in [-0.2, 0) is 6.54 Å². The van der Waals surface area contributed by atoms with Crippen molar-refractivity contribution in [2.75, 3.05) is 0 Å². The summed E-state index contributed by atoms with van der Waals surface area (Å²) in [4.78, 5) is 4.94. The highest BCUT2D eigenvalue weighted by atomic mass is 32.1. The maximum Gasteiger partial charge on any atom is 0.111 e. The van der Waals surface area contributed by atoms with E-state index < -0.39 is 0 Å². The number of nitrogens with two attached hydrogens (primary N) is 1. The van der Waals surface area contributed by atoms with Gasteiger partial charge in [-0.15, -0.1) is 0 Å². The summed E-state index contributed by atoms with van der Waals surface area (Å²) in [6, 6.07) is 0. The fourth-order valence-electron chi connectivity index (χ4n) is 1.53. The van der Waals surface area contributed by atoms with Crippen molar-refractivity contribution in [1.29, 1.82) is 0 Å². The van der Waals surface area contributed by atoms with E-state index in [-0.39, 0.29) is 5.41 Å². The van der Waals surface area contributed by atoms with E-state index in [1.807, 2.05) is 12.4 Å². The van der Waals surface area contributed by atoms with Crippen molar-refractivity contribution < 1.29 is 0 Å². The van der Waals surface area contributed by atoms with Gasteiger partial charge in [-0.1, -0.05) is 39.9 Å². The van der Waals surface area contributed by atoms with Crippen LogP contribution in [0, 0.1) is 5.41 Å². The Morgan fingerprint density at radius 3 is 2.69 bits per heavy atom. The van der Waals surface area contributed by atoms with E-state index in [4.69, 9.17) is 18.0 Å². The summed E-state index contributed by atoms with van der Waals surface area (Å²) in [6.07, 6.45) is 4.81. The molecule has 0 radical (unpaired) electrons. The molecule has 0 bridgehead atoms. The van der Waals surface area contributed by atoms with E-state index in [2.05, 4.69) is 37.2 Å². The fourth-order valence-corrected chi connectivity index (χ4v) is 1.64. The summed E-state index contributed by atoms with van der Waals surface area (Å²) >= 11 is 5.06. The van der Waals surface area contributed by atoms with E-state index in [0.717, 1.165) is 18.8 Å². The second-order valence-corrected chi connectivity index (χ2v) is 5.57. The Bertz CT molecular complexity index is 366. The average Bonchev–Trinajstić information content (AvgIpc) is 2.62. The van der Waals surface area contributed by atoms with Crippen molar-refractivity contribution in [3.8, 4) is 0 Å². The summed E-state index contributed by atoms with van der Waals surface area (Å²) in [5, 5.41) is 0. The molecular formula is C12H21N3S. The van der Waals surface area contributed by atoms with Crippen molar-refractivity contribution >= 4 is 17.2 Å². The number of hydrogen-bond donors (Lipinski definition) is 1. The van der Waals surface area contributed by atoms with Gasteiger partial charge in [-0.3, -0.25) is 0 Å². The summed E-state index contributed by atoms with van der Waals surface area (Å²) in [7, 11) is 0. The highest BCUT2D eigenvalue weighted by Gasteiger charge is 2.21. The Balaban J connectivity index is 2.68. The molecule has 0 amide bonds. The van der Waals surface area contributed by atoms with Gasteiger partial charge >= 0.3 is 0 Å². The Morgan fingerprint density at radius 2 is 2.19 bits per heavy atom. The number of aromatic nitrogens is 2. The summed E-state index contributed by atoms with van der Waals surface area (Å²) in [5.41, 5.74) is 5.62. The number of hydrogen-bond acceptors (Lipinski definition) is 2. The standard InChI is InChI=1S/C12H21N3S/c1-9(2)10-14-6-8-15(10)7-5-12(3,4)11(13)16/h6,8-9H,5,7H2,1-4H3,(H2,13,16). The molecule has 16 heavy (non-hydrogen) atoms. The van der Waals surface area contributed by atoms with Crippen LogP contribution in [0.4, 0.5) is 0 Å². The Hall–Kier alpha value is -0.900. The number of nitrogens with zero attached hydrogens (tertiary/aromatic N) is 2. The third kappa shape index (κ3) is 3.04. The summed E-state index contributed by atoms with van der Waals surface area (Å²) in [5.74, 6) is 1.57. The second-order valence-electron chi connectivity index (χ2n) is 5.13. The Kier molecular flexibility index (Phi) is 4.08. The molecule has 0 unspecified atom stereocenters. The smallest absolute Gasteiger partial charge is 0.111 e. The lowest BCUT2D eigenvalue weighted by Gasteiger charge is -2.23. The molecule has 1 aromatic rings. The van der Waals surface area contributed by atoms with E-state index in [1.165, 1.54) is 0 Å². The van der Waals surface area contributed by atoms with Crippen molar-refractivity contribution in [2.24, 2.45) is 11.1 Å². The minimum absolute atomic E-state index is 0.0894. The van der Waals surface area contributed by atoms with Gasteiger partial charge in [0.15, 0.2) is 0 Å². The van der Waals surface area contributed by atoms with Gasteiger partial charge in [-0.05, 0) is 6.42 Å². The minimum Gasteiger partial charge on any atom is -0.393 e. The molecule has 4 heteroatoms. The van der Waals surface area contributed by atoms with Crippen LogP contribution in [0.3, 0.4) is 0 Å². The molecule has 3 nitrogen and oxygen atoms in total. The van der Waals surface area contributed by atoms with Crippen LogP contribution < -0.4 is 5.73 Å². The van der Waals surface area contributed by atoms with Gasteiger partial charge < -0.3 is 10.3 Å². The maximum atomic E-state index is 5.71. The minimum atomic E-state index is -0.0894. The third-order valence-corrected chi connectivity index (χ3v) is 3.46. The lowest BCUT2D eigenvalue weighted by molar-refractivity contribution is 0.426. The van der Waals surface area contributed by atoms with Crippen LogP contribution in [0.5, 0.6) is 0 Å². The van der Waals surface area contributed by atoms with Crippen LogP contribution in [0.1, 0.15) is 45.9 Å². The number of rotatable bonds is 5. The van der Waals surface area contributed by atoms with Gasteiger partial charge in [0.1, 0.15) is 5.82 Å². The highest BCUT2D eigenvalue weighted by Crippen LogP contribution is 2.22. The van der Waals surface area contributed by atoms with Gasteiger partial charge in [-0.2, -0.15) is 0 Å². The summed E-state index contributed by atoms with van der Waals surface area (Å²) in [6.45, 7) is 9.38. The third-order valence-electron chi connectivity index (χ3n) is 2.91. The first-order valence-corrected chi connectivity index (χ1v) is 6.06. The molecule has 2 N–H and O–H groups in total. The zero-order valence-electron chi connectivity index (χ0n) is 10.5. The van der Waals surface area contributed by atoms with Crippen molar-refractivity contribution in [3.63, 3.8) is 0 Å². The maximum absolute atomic E-state index is 5.71. The van der Waals surface area contributed by atoms with Crippen LogP contribution in [0.25, 0.3) is 0 Å². The molecule has 0 atom stereocenters. The number of imidazole rings is 1. The number of aryl methyl sites for hydroxylation is 1. The topological polar surface area (TPSA) is 43.8 Å². The first-order chi connectivity index (χ1) is 7.34. The van der Waals surface area contributed by atoms with E-state index in [9.17, 15) is 0 Å². The normalized spacial score (nSPS) is 12.1. The Labute approximate surface area is 103 Å². The van der Waals surface area contributed by atoms with Crippen LogP contribution in [0.15, 0.2) is 12.4 Å². The zero-order valence-corrected chi connectivity index (χ0v) is 11.3. The van der Waals surface area contributed by atoms with E-state index >= 15 is 0 Å². The van der Waals surface area contributed by atoms with Crippen LogP contribution in [-0.4, -0.2) is 14.5 Å². The van der Waals surface area contributed by atoms with Crippen LogP contribution in [0.2, 0.25) is 0 Å². The summed E-state index contributed by atoms with van der Waals surface area (Å²) < 4.78 is 2.19. The lowest BCUT2D eigenvalue weighted by Crippen LogP contribution is -2.31. The molecule has 0 aromatic carbocycles. The highest BCUT2D eigenvalue weighted by molar-refractivity contribution is 7.80. The second kappa shape index (κ2) is 4.95. The molecule has 0 aliphatic heterocycles. The zero-order chi connectivity index (χ0) is 12.3. The molecule has 0 spiro atoms. The molecule has 1 aromatic heterocycles. The predicted molar refractivity (Wildman–Crippen MR) is 71.5 cm³/mol. The molecule has 0 fully saturated rings. The van der Waals surface area contributed by atoms with E-state index in [0.29, 0.717) is 10.9 Å². The molecule has 1 rings (SSSR count). The Morgan fingerprint density at radius 1 is 1.56 bits per heavy atom. The van der Waals surface area contributed by atoms with Crippen molar-refractivity contribution in [2.45, 2.75) is 46.6 Å². The number of thiocarbonyl (C=S) groups is 1. The van der Waals surface area contributed by atoms with Gasteiger partial charge in [0, 0.05) is 30.3 Å². The molecule has 0 saturated carbocycles. The van der Waals surface area contributed by atoms with Gasteiger partial charge in [-0.25, -0.2) is 4.98 Å². The van der Waals surface area contributed by atoms with Crippen molar-refractivity contribution in [1.82, 2.24) is 9.55 Å². The van der Waals surface area contributed by atoms with Gasteiger partial charge in [0.2, 0.25) is 0 Å². The van der Waals surface area contributed by atoms with Gasteiger partial charge in [0.25, 0.3) is 0 Å². The lowest BCUT2D eigenvalue weighted by atomic mass is 9.89. The monoisotopic (exact) mass is 239 g/mol.